The molecule has 0 aromatic heterocycles. The number of hydrogen-bond donors (Lipinski definition) is 1. The van der Waals surface area contributed by atoms with E-state index >= 15 is 0 Å². The van der Waals surface area contributed by atoms with E-state index in [2.05, 4.69) is 5.32 Å². The highest BCUT2D eigenvalue weighted by Crippen LogP contribution is 2.15. The number of rotatable bonds is 1. The lowest BCUT2D eigenvalue weighted by molar-refractivity contribution is -0.109. The van der Waals surface area contributed by atoms with Crippen molar-refractivity contribution in [2.24, 2.45) is 0 Å². The van der Waals surface area contributed by atoms with E-state index in [0.717, 1.165) is 0 Å². The Bertz CT molecular complexity index is 46.5. The van der Waals surface area contributed by atoms with Crippen molar-refractivity contribution in [3.63, 3.8) is 0 Å². The first-order valence-electron chi connectivity index (χ1n) is 3.02. The van der Waals surface area contributed by atoms with Crippen molar-refractivity contribution >= 4 is 6.41 Å². The molecular formula is C6H13NO. The molecule has 0 aliphatic heterocycles. The Hall–Kier alpha value is -0.530. The zero-order valence-electron chi connectivity index (χ0n) is 5.31. The normalized spacial score (nSPS) is 14.6. The molecule has 0 spiro atoms. The Balaban J connectivity index is 0.000000122. The predicted octanol–water partition coefficient (Wildman–Crippen LogP) is 0.923. The molecule has 0 unspecified atom stereocenters. The van der Waals surface area contributed by atoms with Crippen molar-refractivity contribution in [3.8, 4) is 0 Å². The molecule has 2 heteroatoms. The molecule has 1 saturated carbocycles. The molecule has 0 heterocycles. The maximum atomic E-state index is 9.06. The van der Waals surface area contributed by atoms with Crippen molar-refractivity contribution in [2.45, 2.75) is 25.7 Å². The van der Waals surface area contributed by atoms with Gasteiger partial charge in [-0.05, 0) is 0 Å². The molecule has 0 aromatic rings. The topological polar surface area (TPSA) is 29.1 Å². The molecule has 0 atom stereocenters. The van der Waals surface area contributed by atoms with E-state index in [4.69, 9.17) is 4.79 Å². The summed E-state index contributed by atoms with van der Waals surface area (Å²) in [7, 11) is 1.56. The molecule has 2 nitrogen and oxygen atoms in total. The second-order valence-corrected chi connectivity index (χ2v) is 1.82. The molecule has 48 valence electrons. The fourth-order valence-electron chi connectivity index (χ4n) is 0.250. The second-order valence-electron chi connectivity index (χ2n) is 1.82. The van der Waals surface area contributed by atoms with E-state index in [1.165, 1.54) is 25.7 Å². The standard InChI is InChI=1S/C4H8.C2H5NO/c1-2-4-3-1;1-3-2-4/h1-4H2;2H,1H3,(H,3,4). The molecule has 8 heavy (non-hydrogen) atoms. The van der Waals surface area contributed by atoms with Crippen molar-refractivity contribution in [1.82, 2.24) is 5.32 Å². The van der Waals surface area contributed by atoms with Crippen LogP contribution in [0.15, 0.2) is 0 Å². The summed E-state index contributed by atoms with van der Waals surface area (Å²) in [6.45, 7) is 0. The van der Waals surface area contributed by atoms with Crippen molar-refractivity contribution in [1.29, 1.82) is 0 Å². The number of carbonyl (C=O) groups excluding carboxylic acids is 1. The first kappa shape index (κ1) is 7.47. The third-order valence-electron chi connectivity index (χ3n) is 1.12. The van der Waals surface area contributed by atoms with E-state index in [9.17, 15) is 0 Å². The number of nitrogens with one attached hydrogen (secondary N) is 1. The quantitative estimate of drug-likeness (QED) is 0.506. The first-order chi connectivity index (χ1) is 3.91. The van der Waals surface area contributed by atoms with Crippen molar-refractivity contribution < 1.29 is 4.79 Å². The van der Waals surface area contributed by atoms with Gasteiger partial charge in [0, 0.05) is 7.05 Å². The van der Waals surface area contributed by atoms with Crippen LogP contribution in [0.2, 0.25) is 0 Å². The fourth-order valence-corrected chi connectivity index (χ4v) is 0.250. The summed E-state index contributed by atoms with van der Waals surface area (Å²) in [5.74, 6) is 0. The van der Waals surface area contributed by atoms with Crippen LogP contribution in [0.25, 0.3) is 0 Å². The van der Waals surface area contributed by atoms with Gasteiger partial charge < -0.3 is 5.32 Å². The Morgan fingerprint density at radius 1 is 1.25 bits per heavy atom. The molecule has 0 saturated heterocycles. The smallest absolute Gasteiger partial charge is 0.206 e. The summed E-state index contributed by atoms with van der Waals surface area (Å²) in [4.78, 5) is 9.06. The first-order valence-corrected chi connectivity index (χ1v) is 3.02. The molecule has 0 radical (unpaired) electrons. The van der Waals surface area contributed by atoms with Crippen LogP contribution in [0.5, 0.6) is 0 Å². The maximum absolute atomic E-state index is 9.06. The SMILES string of the molecule is C1CCC1.CNC=O. The molecule has 1 amide bonds. The molecular weight excluding hydrogens is 102 g/mol. The van der Waals surface area contributed by atoms with Crippen LogP contribution in [-0.2, 0) is 4.79 Å². The third kappa shape index (κ3) is 5.47. The van der Waals surface area contributed by atoms with Crippen LogP contribution in [0.3, 0.4) is 0 Å². The predicted molar refractivity (Wildman–Crippen MR) is 33.6 cm³/mol. The Morgan fingerprint density at radius 3 is 1.50 bits per heavy atom. The van der Waals surface area contributed by atoms with Crippen LogP contribution in [0.1, 0.15) is 25.7 Å². The summed E-state index contributed by atoms with van der Waals surface area (Å²) < 4.78 is 0. The van der Waals surface area contributed by atoms with Gasteiger partial charge in [-0.1, -0.05) is 25.7 Å². The van der Waals surface area contributed by atoms with Gasteiger partial charge in [0.2, 0.25) is 6.41 Å². The van der Waals surface area contributed by atoms with Crippen LogP contribution in [0.4, 0.5) is 0 Å². The van der Waals surface area contributed by atoms with Crippen LogP contribution in [-0.4, -0.2) is 13.5 Å². The van der Waals surface area contributed by atoms with Gasteiger partial charge >= 0.3 is 0 Å². The van der Waals surface area contributed by atoms with Crippen LogP contribution >= 0.6 is 0 Å². The summed E-state index contributed by atoms with van der Waals surface area (Å²) in [5, 5.41) is 2.25. The Kier molecular flexibility index (Phi) is 6.04. The lowest BCUT2D eigenvalue weighted by atomic mass is 10.0. The maximum Gasteiger partial charge on any atom is 0.206 e. The highest BCUT2D eigenvalue weighted by Gasteiger charge is 1.95. The molecule has 0 bridgehead atoms. The van der Waals surface area contributed by atoms with Crippen LogP contribution < -0.4 is 5.32 Å². The molecule has 1 aliphatic rings. The number of hydrogen-bond acceptors (Lipinski definition) is 1. The summed E-state index contributed by atoms with van der Waals surface area (Å²) in [6.07, 6.45) is 6.62. The highest BCUT2D eigenvalue weighted by atomic mass is 16.1. The highest BCUT2D eigenvalue weighted by molar-refractivity contribution is 5.44. The Labute approximate surface area is 50.3 Å². The molecule has 1 aliphatic carbocycles. The molecule has 1 fully saturated rings. The van der Waals surface area contributed by atoms with E-state index in [0.29, 0.717) is 6.41 Å². The van der Waals surface area contributed by atoms with Crippen LogP contribution in [0, 0.1) is 0 Å². The van der Waals surface area contributed by atoms with Crippen molar-refractivity contribution in [2.75, 3.05) is 7.05 Å². The summed E-state index contributed by atoms with van der Waals surface area (Å²) in [6, 6.07) is 0. The van der Waals surface area contributed by atoms with E-state index < -0.39 is 0 Å². The van der Waals surface area contributed by atoms with Gasteiger partial charge in [0.1, 0.15) is 0 Å². The number of amides is 1. The monoisotopic (exact) mass is 115 g/mol. The zero-order chi connectivity index (χ0) is 6.24. The van der Waals surface area contributed by atoms with Gasteiger partial charge in [-0.2, -0.15) is 0 Å². The summed E-state index contributed by atoms with van der Waals surface area (Å²) >= 11 is 0. The molecule has 1 rings (SSSR count). The number of carbonyl (C=O) groups is 1. The van der Waals surface area contributed by atoms with Gasteiger partial charge in [0.15, 0.2) is 0 Å². The minimum absolute atomic E-state index is 0.625. The minimum Gasteiger partial charge on any atom is -0.362 e. The van der Waals surface area contributed by atoms with Crippen molar-refractivity contribution in [3.05, 3.63) is 0 Å². The lowest BCUT2D eigenvalue weighted by Crippen LogP contribution is -1.98. The van der Waals surface area contributed by atoms with E-state index in [-0.39, 0.29) is 0 Å². The average Bonchev–Trinajstić information content (AvgIpc) is 1.61. The summed E-state index contributed by atoms with van der Waals surface area (Å²) in [5.41, 5.74) is 0. The molecule has 0 aromatic carbocycles. The third-order valence-corrected chi connectivity index (χ3v) is 1.12. The van der Waals surface area contributed by atoms with Gasteiger partial charge in [-0.15, -0.1) is 0 Å². The zero-order valence-corrected chi connectivity index (χ0v) is 5.31. The van der Waals surface area contributed by atoms with Gasteiger partial charge in [-0.3, -0.25) is 4.79 Å². The average molecular weight is 115 g/mol. The van der Waals surface area contributed by atoms with E-state index in [1.807, 2.05) is 0 Å². The van der Waals surface area contributed by atoms with Gasteiger partial charge in [0.25, 0.3) is 0 Å². The minimum atomic E-state index is 0.625. The lowest BCUT2D eigenvalue weighted by Gasteiger charge is -2.05. The largest absolute Gasteiger partial charge is 0.362 e. The van der Waals surface area contributed by atoms with Gasteiger partial charge in [-0.25, -0.2) is 0 Å². The molecule has 1 N–H and O–H groups in total. The Morgan fingerprint density at radius 2 is 1.50 bits per heavy atom. The van der Waals surface area contributed by atoms with E-state index in [1.54, 1.807) is 7.05 Å². The second kappa shape index (κ2) is 6.47. The fraction of sp³-hybridized carbons (Fsp3) is 0.833. The van der Waals surface area contributed by atoms with Gasteiger partial charge in [0.05, 0.1) is 0 Å².